The lowest BCUT2D eigenvalue weighted by Crippen LogP contribution is -2.13. The summed E-state index contributed by atoms with van der Waals surface area (Å²) in [4.78, 5) is 22.9. The van der Waals surface area contributed by atoms with Gasteiger partial charge in [-0.2, -0.15) is 0 Å². The molecule has 0 fully saturated rings. The number of ether oxygens (including phenoxy) is 1. The minimum Gasteiger partial charge on any atom is -0.462 e. The first-order chi connectivity index (χ1) is 9.01. The van der Waals surface area contributed by atoms with E-state index in [-0.39, 0.29) is 35.8 Å². The highest BCUT2D eigenvalue weighted by Crippen LogP contribution is 2.28. The fourth-order valence-corrected chi connectivity index (χ4v) is 1.77. The second-order valence-corrected chi connectivity index (χ2v) is 4.02. The summed E-state index contributed by atoms with van der Waals surface area (Å²) < 4.78 is 30.9. The number of esters is 1. The number of halogens is 3. The molecule has 6 heteroatoms. The van der Waals surface area contributed by atoms with Gasteiger partial charge in [0.1, 0.15) is 0 Å². The van der Waals surface area contributed by atoms with E-state index in [1.165, 1.54) is 18.2 Å². The van der Waals surface area contributed by atoms with E-state index in [0.29, 0.717) is 0 Å². The Balaban J connectivity index is 3.21. The maximum absolute atomic E-state index is 13.1. The van der Waals surface area contributed by atoms with Crippen LogP contribution >= 0.6 is 11.6 Å². The first-order valence-corrected chi connectivity index (χ1v) is 6.19. The summed E-state index contributed by atoms with van der Waals surface area (Å²) in [7, 11) is 0. The molecule has 104 valence electrons. The summed E-state index contributed by atoms with van der Waals surface area (Å²) in [6.07, 6.45) is -3.09. The highest BCUT2D eigenvalue weighted by Gasteiger charge is 2.23. The Morgan fingerprint density at radius 1 is 1.37 bits per heavy atom. The van der Waals surface area contributed by atoms with Crippen LogP contribution in [0.25, 0.3) is 0 Å². The van der Waals surface area contributed by atoms with Gasteiger partial charge in [-0.1, -0.05) is 12.1 Å². The monoisotopic (exact) mass is 290 g/mol. The van der Waals surface area contributed by atoms with Crippen molar-refractivity contribution in [1.29, 1.82) is 0 Å². The zero-order valence-electron chi connectivity index (χ0n) is 10.3. The van der Waals surface area contributed by atoms with E-state index in [0.717, 1.165) is 0 Å². The van der Waals surface area contributed by atoms with Gasteiger partial charge in [-0.05, 0) is 18.6 Å². The molecule has 0 atom stereocenters. The van der Waals surface area contributed by atoms with E-state index < -0.39 is 18.0 Å². The predicted molar refractivity (Wildman–Crippen MR) is 66.8 cm³/mol. The number of carbonyl (C=O) groups is 2. The highest BCUT2D eigenvalue weighted by molar-refractivity contribution is 6.27. The lowest BCUT2D eigenvalue weighted by atomic mass is 9.97. The molecule has 0 unspecified atom stereocenters. The third-order valence-corrected chi connectivity index (χ3v) is 2.74. The lowest BCUT2D eigenvalue weighted by molar-refractivity contribution is -0.116. The number of benzene rings is 1. The van der Waals surface area contributed by atoms with Gasteiger partial charge in [0.15, 0.2) is 5.78 Å². The van der Waals surface area contributed by atoms with Gasteiger partial charge >= 0.3 is 5.97 Å². The Bertz CT molecular complexity index is 475. The Labute approximate surface area is 114 Å². The molecule has 0 N–H and O–H groups in total. The second kappa shape index (κ2) is 7.19. The Morgan fingerprint density at radius 3 is 2.58 bits per heavy atom. The molecule has 1 rings (SSSR count). The zero-order chi connectivity index (χ0) is 14.4. The molecule has 0 aliphatic heterocycles. The molecule has 3 nitrogen and oxygen atoms in total. The van der Waals surface area contributed by atoms with E-state index in [1.54, 1.807) is 6.92 Å². The maximum Gasteiger partial charge on any atom is 0.338 e. The van der Waals surface area contributed by atoms with Gasteiger partial charge in [0, 0.05) is 12.0 Å². The standard InChI is InChI=1S/C13H13ClF2O3/c1-2-19-13(18)10-5-3-4-8(6-9(17)7-14)11(10)12(15)16/h3-5,12H,2,6-7H2,1H3. The maximum atomic E-state index is 13.1. The van der Waals surface area contributed by atoms with Crippen LogP contribution < -0.4 is 0 Å². The minimum atomic E-state index is -2.86. The molecule has 0 aromatic heterocycles. The fraction of sp³-hybridized carbons (Fsp3) is 0.385. The van der Waals surface area contributed by atoms with Crippen LogP contribution in [0.4, 0.5) is 8.78 Å². The van der Waals surface area contributed by atoms with Gasteiger partial charge in [-0.3, -0.25) is 4.79 Å². The number of hydrogen-bond donors (Lipinski definition) is 0. The number of hydrogen-bond acceptors (Lipinski definition) is 3. The summed E-state index contributed by atoms with van der Waals surface area (Å²) in [5.41, 5.74) is -0.567. The van der Waals surface area contributed by atoms with Crippen LogP contribution in [0.5, 0.6) is 0 Å². The second-order valence-electron chi connectivity index (χ2n) is 3.75. The summed E-state index contributed by atoms with van der Waals surface area (Å²) in [6.45, 7) is 1.67. The van der Waals surface area contributed by atoms with Gasteiger partial charge in [0.2, 0.25) is 0 Å². The van der Waals surface area contributed by atoms with Crippen LogP contribution in [-0.2, 0) is 16.0 Å². The van der Waals surface area contributed by atoms with Crippen molar-refractivity contribution in [3.63, 3.8) is 0 Å². The predicted octanol–water partition coefficient (Wildman–Crippen LogP) is 3.15. The van der Waals surface area contributed by atoms with Crippen molar-refractivity contribution in [3.8, 4) is 0 Å². The van der Waals surface area contributed by atoms with Gasteiger partial charge < -0.3 is 4.74 Å². The van der Waals surface area contributed by atoms with E-state index in [1.807, 2.05) is 0 Å². The number of carbonyl (C=O) groups excluding carboxylic acids is 2. The van der Waals surface area contributed by atoms with Crippen molar-refractivity contribution in [3.05, 3.63) is 34.9 Å². The average molecular weight is 291 g/mol. The van der Waals surface area contributed by atoms with Gasteiger partial charge in [-0.25, -0.2) is 13.6 Å². The zero-order valence-corrected chi connectivity index (χ0v) is 11.0. The molecule has 0 saturated carbocycles. The SMILES string of the molecule is CCOC(=O)c1cccc(CC(=O)CCl)c1C(F)F. The normalized spacial score (nSPS) is 10.6. The van der Waals surface area contributed by atoms with Crippen molar-refractivity contribution in [1.82, 2.24) is 0 Å². The summed E-state index contributed by atoms with van der Waals surface area (Å²) >= 11 is 5.36. The molecule has 0 radical (unpaired) electrons. The molecule has 19 heavy (non-hydrogen) atoms. The number of Topliss-reactive ketones (excluding diaryl/α,β-unsaturated/α-hetero) is 1. The molecule has 0 spiro atoms. The Morgan fingerprint density at radius 2 is 2.05 bits per heavy atom. The van der Waals surface area contributed by atoms with Crippen LogP contribution in [0.3, 0.4) is 0 Å². The fourth-order valence-electron chi connectivity index (χ4n) is 1.67. The highest BCUT2D eigenvalue weighted by atomic mass is 35.5. The Hall–Kier alpha value is -1.49. The van der Waals surface area contributed by atoms with Crippen LogP contribution in [-0.4, -0.2) is 24.2 Å². The topological polar surface area (TPSA) is 43.4 Å². The largest absolute Gasteiger partial charge is 0.462 e. The smallest absolute Gasteiger partial charge is 0.338 e. The number of alkyl halides is 3. The van der Waals surface area contributed by atoms with Crippen molar-refractivity contribution in [2.75, 3.05) is 12.5 Å². The molecule has 0 heterocycles. The third-order valence-electron chi connectivity index (χ3n) is 2.45. The quantitative estimate of drug-likeness (QED) is 0.597. The molecule has 1 aromatic rings. The van der Waals surface area contributed by atoms with E-state index >= 15 is 0 Å². The summed E-state index contributed by atoms with van der Waals surface area (Å²) in [5.74, 6) is -1.46. The number of ketones is 1. The molecule has 0 aliphatic rings. The molecular formula is C13H13ClF2O3. The van der Waals surface area contributed by atoms with Crippen molar-refractivity contribution in [2.45, 2.75) is 19.8 Å². The summed E-state index contributed by atoms with van der Waals surface area (Å²) in [5, 5.41) is 0. The molecule has 0 bridgehead atoms. The molecule has 0 saturated heterocycles. The van der Waals surface area contributed by atoms with Crippen LogP contribution in [0.15, 0.2) is 18.2 Å². The first-order valence-electron chi connectivity index (χ1n) is 5.66. The third kappa shape index (κ3) is 3.99. The van der Waals surface area contributed by atoms with E-state index in [2.05, 4.69) is 0 Å². The van der Waals surface area contributed by atoms with E-state index in [4.69, 9.17) is 16.3 Å². The van der Waals surface area contributed by atoms with Crippen LogP contribution in [0, 0.1) is 0 Å². The average Bonchev–Trinajstić information content (AvgIpc) is 2.38. The van der Waals surface area contributed by atoms with Crippen molar-refractivity contribution < 1.29 is 23.1 Å². The van der Waals surface area contributed by atoms with Crippen LogP contribution in [0.2, 0.25) is 0 Å². The van der Waals surface area contributed by atoms with Gasteiger partial charge in [0.25, 0.3) is 6.43 Å². The van der Waals surface area contributed by atoms with Crippen LogP contribution in [0.1, 0.15) is 34.8 Å². The molecular weight excluding hydrogens is 278 g/mol. The number of rotatable bonds is 6. The lowest BCUT2D eigenvalue weighted by Gasteiger charge is -2.12. The van der Waals surface area contributed by atoms with Crippen molar-refractivity contribution >= 4 is 23.4 Å². The van der Waals surface area contributed by atoms with Gasteiger partial charge in [-0.15, -0.1) is 11.6 Å². The minimum absolute atomic E-state index is 0.0896. The molecule has 0 aliphatic carbocycles. The van der Waals surface area contributed by atoms with Gasteiger partial charge in [0.05, 0.1) is 18.1 Å². The summed E-state index contributed by atoms with van der Waals surface area (Å²) in [6, 6.07) is 4.08. The Kier molecular flexibility index (Phi) is 5.89. The van der Waals surface area contributed by atoms with Crippen molar-refractivity contribution in [2.24, 2.45) is 0 Å². The molecule has 1 aromatic carbocycles. The molecule has 0 amide bonds. The first kappa shape index (κ1) is 15.6. The van der Waals surface area contributed by atoms with E-state index in [9.17, 15) is 18.4 Å².